The minimum atomic E-state index is 0.409. The molecule has 1 aromatic heterocycles. The highest BCUT2D eigenvalue weighted by Crippen LogP contribution is 2.46. The van der Waals surface area contributed by atoms with Gasteiger partial charge in [-0.15, -0.1) is 0 Å². The zero-order chi connectivity index (χ0) is 29.9. The second-order valence-electron chi connectivity index (χ2n) is 12.6. The Morgan fingerprint density at radius 2 is 1.22 bits per heavy atom. The predicted molar refractivity (Wildman–Crippen MR) is 190 cm³/mol. The summed E-state index contributed by atoms with van der Waals surface area (Å²) in [5.41, 5.74) is 13.2. The van der Waals surface area contributed by atoms with Crippen LogP contribution in [0.25, 0.3) is 60.5 Å². The van der Waals surface area contributed by atoms with Crippen molar-refractivity contribution in [2.45, 2.75) is 25.2 Å². The van der Waals surface area contributed by atoms with Gasteiger partial charge in [-0.2, -0.15) is 0 Å². The first-order valence-corrected chi connectivity index (χ1v) is 16.0. The molecule has 0 saturated heterocycles. The van der Waals surface area contributed by atoms with Crippen LogP contribution in [-0.2, 0) is 6.42 Å². The van der Waals surface area contributed by atoms with E-state index in [9.17, 15) is 0 Å². The Hall–Kier alpha value is -5.40. The standard InChI is InChI=1S/C44H33N/c1-29-37-23-20-33(26-41(37)38-16-8-7-15-35(38)28-40(29)31-12-3-2-4-13-31)34-21-24-44-42(27-34)39-17-9-10-18-43(39)45(44)36-22-19-30-11-5-6-14-32(30)25-36/h2-27,29,40H,28H2,1H3. The van der Waals surface area contributed by atoms with Gasteiger partial charge in [-0.3, -0.25) is 0 Å². The Morgan fingerprint density at radius 1 is 0.511 bits per heavy atom. The molecular weight excluding hydrogens is 542 g/mol. The van der Waals surface area contributed by atoms with Crippen molar-refractivity contribution in [2.24, 2.45) is 0 Å². The Balaban J connectivity index is 1.20. The third-order valence-electron chi connectivity index (χ3n) is 10.1. The van der Waals surface area contributed by atoms with Crippen LogP contribution in [0.1, 0.15) is 35.4 Å². The largest absolute Gasteiger partial charge is 0.309 e. The Kier molecular flexibility index (Phi) is 5.99. The number of aromatic nitrogens is 1. The van der Waals surface area contributed by atoms with Crippen LogP contribution in [0.4, 0.5) is 0 Å². The molecule has 0 aliphatic heterocycles. The SMILES string of the molecule is CC1c2ccc(-c3ccc4c(c3)c3ccccc3n4-c3ccc4ccccc4c3)cc2-c2ccccc2CC1c1ccccc1. The molecule has 7 aromatic carbocycles. The second-order valence-corrected chi connectivity index (χ2v) is 12.6. The maximum Gasteiger partial charge on any atom is 0.0541 e. The number of rotatable bonds is 3. The first-order valence-electron chi connectivity index (χ1n) is 16.0. The van der Waals surface area contributed by atoms with E-state index in [1.165, 1.54) is 77.2 Å². The van der Waals surface area contributed by atoms with Crippen LogP contribution in [0.5, 0.6) is 0 Å². The van der Waals surface area contributed by atoms with Gasteiger partial charge in [0.2, 0.25) is 0 Å². The number of fused-ring (bicyclic) bond motifs is 7. The summed E-state index contributed by atoms with van der Waals surface area (Å²) in [5.74, 6) is 0.850. The highest BCUT2D eigenvalue weighted by Gasteiger charge is 2.28. The van der Waals surface area contributed by atoms with Gasteiger partial charge in [0.25, 0.3) is 0 Å². The molecule has 1 heteroatoms. The van der Waals surface area contributed by atoms with E-state index < -0.39 is 0 Å². The van der Waals surface area contributed by atoms with Gasteiger partial charge in [0.15, 0.2) is 0 Å². The molecule has 1 aliphatic rings. The van der Waals surface area contributed by atoms with Crippen LogP contribution in [0, 0.1) is 0 Å². The maximum absolute atomic E-state index is 2.45. The lowest BCUT2D eigenvalue weighted by molar-refractivity contribution is 0.579. The van der Waals surface area contributed by atoms with Crippen molar-refractivity contribution in [1.29, 1.82) is 0 Å². The zero-order valence-corrected chi connectivity index (χ0v) is 25.3. The van der Waals surface area contributed by atoms with Crippen LogP contribution >= 0.6 is 0 Å². The maximum atomic E-state index is 2.45. The molecule has 0 radical (unpaired) electrons. The zero-order valence-electron chi connectivity index (χ0n) is 25.3. The van der Waals surface area contributed by atoms with Crippen molar-refractivity contribution in [3.8, 4) is 27.9 Å². The van der Waals surface area contributed by atoms with Crippen molar-refractivity contribution in [3.63, 3.8) is 0 Å². The third-order valence-corrected chi connectivity index (χ3v) is 10.1. The van der Waals surface area contributed by atoms with Crippen molar-refractivity contribution < 1.29 is 0 Å². The van der Waals surface area contributed by atoms with Gasteiger partial charge in [-0.1, -0.05) is 128 Å². The van der Waals surface area contributed by atoms with Crippen LogP contribution < -0.4 is 0 Å². The van der Waals surface area contributed by atoms with E-state index in [0.717, 1.165) is 6.42 Å². The molecular formula is C44H33N. The van der Waals surface area contributed by atoms with Crippen LogP contribution in [0.3, 0.4) is 0 Å². The lowest BCUT2D eigenvalue weighted by Gasteiger charge is -2.24. The van der Waals surface area contributed by atoms with E-state index in [-0.39, 0.29) is 0 Å². The Bertz CT molecular complexity index is 2380. The molecule has 9 rings (SSSR count). The first-order chi connectivity index (χ1) is 22.2. The van der Waals surface area contributed by atoms with Gasteiger partial charge in [0, 0.05) is 16.5 Å². The molecule has 45 heavy (non-hydrogen) atoms. The number of para-hydroxylation sites is 1. The Labute approximate surface area is 264 Å². The summed E-state index contributed by atoms with van der Waals surface area (Å²) in [6.07, 6.45) is 1.05. The van der Waals surface area contributed by atoms with Gasteiger partial charge in [0.05, 0.1) is 11.0 Å². The number of hydrogen-bond donors (Lipinski definition) is 0. The molecule has 1 nitrogen and oxygen atoms in total. The molecule has 0 bridgehead atoms. The topological polar surface area (TPSA) is 4.93 Å². The Morgan fingerprint density at radius 3 is 2.13 bits per heavy atom. The molecule has 0 fully saturated rings. The van der Waals surface area contributed by atoms with E-state index in [1.54, 1.807) is 0 Å². The lowest BCUT2D eigenvalue weighted by atomic mass is 9.80. The van der Waals surface area contributed by atoms with Crippen LogP contribution in [0.15, 0.2) is 158 Å². The molecule has 1 aliphatic carbocycles. The summed E-state index contributed by atoms with van der Waals surface area (Å²) in [7, 11) is 0. The number of nitrogens with zero attached hydrogens (tertiary/aromatic N) is 1. The molecule has 0 spiro atoms. The molecule has 0 saturated carbocycles. The summed E-state index contributed by atoms with van der Waals surface area (Å²) in [6, 6.07) is 58.5. The quantitative estimate of drug-likeness (QED) is 0.197. The summed E-state index contributed by atoms with van der Waals surface area (Å²) in [4.78, 5) is 0. The van der Waals surface area contributed by atoms with Crippen LogP contribution in [0.2, 0.25) is 0 Å². The average molecular weight is 576 g/mol. The predicted octanol–water partition coefficient (Wildman–Crippen LogP) is 11.7. The smallest absolute Gasteiger partial charge is 0.0541 e. The van der Waals surface area contributed by atoms with E-state index in [1.807, 2.05) is 0 Å². The first kappa shape index (κ1) is 26.0. The second kappa shape index (κ2) is 10.4. The fourth-order valence-corrected chi connectivity index (χ4v) is 7.81. The molecule has 8 aromatic rings. The van der Waals surface area contributed by atoms with Gasteiger partial charge in [0.1, 0.15) is 0 Å². The van der Waals surface area contributed by atoms with Gasteiger partial charge in [-0.05, 0) is 104 Å². The fourth-order valence-electron chi connectivity index (χ4n) is 7.81. The van der Waals surface area contributed by atoms with Gasteiger partial charge < -0.3 is 4.57 Å². The average Bonchev–Trinajstić information content (AvgIpc) is 3.37. The molecule has 2 unspecified atom stereocenters. The van der Waals surface area contributed by atoms with E-state index >= 15 is 0 Å². The molecule has 0 amide bonds. The van der Waals surface area contributed by atoms with Crippen molar-refractivity contribution in [3.05, 3.63) is 174 Å². The van der Waals surface area contributed by atoms with Crippen molar-refractivity contribution in [2.75, 3.05) is 0 Å². The third kappa shape index (κ3) is 4.23. The monoisotopic (exact) mass is 575 g/mol. The highest BCUT2D eigenvalue weighted by atomic mass is 15.0. The molecule has 1 heterocycles. The minimum Gasteiger partial charge on any atom is -0.309 e. The lowest BCUT2D eigenvalue weighted by Crippen LogP contribution is -2.10. The summed E-state index contributed by atoms with van der Waals surface area (Å²) >= 11 is 0. The molecule has 0 N–H and O–H groups in total. The summed E-state index contributed by atoms with van der Waals surface area (Å²) in [6.45, 7) is 2.41. The van der Waals surface area contributed by atoms with Crippen molar-refractivity contribution >= 4 is 32.6 Å². The fraction of sp³-hybridized carbons (Fsp3) is 0.0909. The van der Waals surface area contributed by atoms with Crippen molar-refractivity contribution in [1.82, 2.24) is 4.57 Å². The summed E-state index contributed by atoms with van der Waals surface area (Å²) < 4.78 is 2.42. The van der Waals surface area contributed by atoms with Gasteiger partial charge in [-0.25, -0.2) is 0 Å². The van der Waals surface area contributed by atoms with E-state index in [0.29, 0.717) is 11.8 Å². The number of hydrogen-bond acceptors (Lipinski definition) is 0. The normalized spacial score (nSPS) is 16.0. The number of benzene rings is 7. The molecule has 2 atom stereocenters. The molecule has 214 valence electrons. The summed E-state index contributed by atoms with van der Waals surface area (Å²) in [5, 5.41) is 5.08. The minimum absolute atomic E-state index is 0.409. The van der Waals surface area contributed by atoms with E-state index in [2.05, 4.69) is 169 Å². The highest BCUT2D eigenvalue weighted by molar-refractivity contribution is 6.10. The van der Waals surface area contributed by atoms with E-state index in [4.69, 9.17) is 0 Å². The van der Waals surface area contributed by atoms with Gasteiger partial charge >= 0.3 is 0 Å². The van der Waals surface area contributed by atoms with Crippen LogP contribution in [-0.4, -0.2) is 4.57 Å².